The molecule has 0 spiro atoms. The molecule has 1 heterocycles. The minimum absolute atomic E-state index is 0.356. The molecule has 2 unspecified atom stereocenters. The first-order valence-electron chi connectivity index (χ1n) is 7.54. The number of hydrogen-bond donors (Lipinski definition) is 1. The van der Waals surface area contributed by atoms with Crippen molar-refractivity contribution in [3.63, 3.8) is 0 Å². The molecular weight excluding hydrogens is 234 g/mol. The van der Waals surface area contributed by atoms with Gasteiger partial charge in [-0.15, -0.1) is 0 Å². The number of fused-ring (bicyclic) bond motifs is 1. The summed E-state index contributed by atoms with van der Waals surface area (Å²) in [6.07, 6.45) is 7.10. The van der Waals surface area contributed by atoms with Gasteiger partial charge in [0.1, 0.15) is 5.76 Å². The minimum atomic E-state index is 0.356. The molecule has 1 aromatic rings. The smallest absolute Gasteiger partial charge is 0.110 e. The highest BCUT2D eigenvalue weighted by Gasteiger charge is 2.31. The molecule has 1 aliphatic heterocycles. The van der Waals surface area contributed by atoms with E-state index in [-0.39, 0.29) is 0 Å². The first-order chi connectivity index (χ1) is 9.40. The van der Waals surface area contributed by atoms with Crippen LogP contribution in [0.1, 0.15) is 43.2 Å². The number of ether oxygens (including phenoxy) is 1. The zero-order chi connectivity index (χ0) is 13.1. The van der Waals surface area contributed by atoms with Crippen LogP contribution >= 0.6 is 0 Å². The normalized spacial score (nSPS) is 23.4. The lowest BCUT2D eigenvalue weighted by molar-refractivity contribution is 0.202. The summed E-state index contributed by atoms with van der Waals surface area (Å²) in [4.78, 5) is 0. The minimum Gasteiger partial charge on any atom is -0.496 e. The van der Waals surface area contributed by atoms with E-state index < -0.39 is 0 Å². The van der Waals surface area contributed by atoms with Crippen molar-refractivity contribution in [2.24, 2.45) is 0 Å². The fourth-order valence-corrected chi connectivity index (χ4v) is 3.45. The molecule has 19 heavy (non-hydrogen) atoms. The number of hydrogen-bond acceptors (Lipinski definition) is 2. The van der Waals surface area contributed by atoms with Gasteiger partial charge in [0.15, 0.2) is 0 Å². The van der Waals surface area contributed by atoms with Crippen molar-refractivity contribution in [2.45, 2.75) is 44.6 Å². The molecule has 102 valence electrons. The van der Waals surface area contributed by atoms with Crippen molar-refractivity contribution in [3.05, 3.63) is 47.2 Å². The van der Waals surface area contributed by atoms with Crippen LogP contribution in [0.3, 0.4) is 0 Å². The Morgan fingerprint density at radius 3 is 3.05 bits per heavy atom. The van der Waals surface area contributed by atoms with Crippen molar-refractivity contribution in [2.75, 3.05) is 13.2 Å². The Hall–Kier alpha value is -1.28. The van der Waals surface area contributed by atoms with Gasteiger partial charge in [0.25, 0.3) is 0 Å². The van der Waals surface area contributed by atoms with Gasteiger partial charge in [-0.05, 0) is 43.0 Å². The standard InChI is InChI=1S/C17H23NO/c1-2-18-17(16-11-6-12-19-16)15-10-5-8-13-7-3-4-9-14(13)15/h3-4,7,9,11,15,17-18H,2,5-6,8,10,12H2,1H3. The van der Waals surface area contributed by atoms with Crippen LogP contribution in [-0.4, -0.2) is 19.2 Å². The Morgan fingerprint density at radius 2 is 2.26 bits per heavy atom. The molecule has 0 saturated heterocycles. The van der Waals surface area contributed by atoms with Crippen LogP contribution in [0.5, 0.6) is 0 Å². The van der Waals surface area contributed by atoms with Crippen molar-refractivity contribution < 1.29 is 4.74 Å². The zero-order valence-corrected chi connectivity index (χ0v) is 11.7. The molecule has 0 bridgehead atoms. The summed E-state index contributed by atoms with van der Waals surface area (Å²) < 4.78 is 5.83. The molecule has 0 amide bonds. The SMILES string of the molecule is CCNC(C1=CCCO1)C1CCCc2ccccc21. The fraction of sp³-hybridized carbons (Fsp3) is 0.529. The molecule has 0 aromatic heterocycles. The Morgan fingerprint density at radius 1 is 1.37 bits per heavy atom. The lowest BCUT2D eigenvalue weighted by Gasteiger charge is -2.33. The van der Waals surface area contributed by atoms with Crippen molar-refractivity contribution in [1.82, 2.24) is 5.32 Å². The highest BCUT2D eigenvalue weighted by atomic mass is 16.5. The maximum Gasteiger partial charge on any atom is 0.110 e. The molecular formula is C17H23NO. The molecule has 0 fully saturated rings. The van der Waals surface area contributed by atoms with Crippen LogP contribution < -0.4 is 5.32 Å². The first-order valence-corrected chi connectivity index (χ1v) is 7.54. The van der Waals surface area contributed by atoms with Gasteiger partial charge >= 0.3 is 0 Å². The summed E-state index contributed by atoms with van der Waals surface area (Å²) in [7, 11) is 0. The Bertz CT molecular complexity index is 466. The average Bonchev–Trinajstić information content (AvgIpc) is 2.98. The molecule has 0 radical (unpaired) electrons. The topological polar surface area (TPSA) is 21.3 Å². The van der Waals surface area contributed by atoms with Gasteiger partial charge in [-0.25, -0.2) is 0 Å². The van der Waals surface area contributed by atoms with E-state index in [0.717, 1.165) is 19.6 Å². The van der Waals surface area contributed by atoms with Crippen molar-refractivity contribution in [1.29, 1.82) is 0 Å². The summed E-state index contributed by atoms with van der Waals surface area (Å²) in [6, 6.07) is 9.28. The average molecular weight is 257 g/mol. The fourth-order valence-electron chi connectivity index (χ4n) is 3.45. The third-order valence-electron chi connectivity index (χ3n) is 4.28. The van der Waals surface area contributed by atoms with Crippen molar-refractivity contribution >= 4 is 0 Å². The third-order valence-corrected chi connectivity index (χ3v) is 4.28. The lowest BCUT2D eigenvalue weighted by atomic mass is 9.78. The number of likely N-dealkylation sites (N-methyl/N-ethyl adjacent to an activating group) is 1. The third kappa shape index (κ3) is 2.55. The monoisotopic (exact) mass is 257 g/mol. The van der Waals surface area contributed by atoms with E-state index in [4.69, 9.17) is 4.74 Å². The molecule has 1 aromatic carbocycles. The van der Waals surface area contributed by atoms with E-state index in [1.54, 1.807) is 0 Å². The quantitative estimate of drug-likeness (QED) is 0.892. The molecule has 2 aliphatic rings. The van der Waals surface area contributed by atoms with Crippen LogP contribution in [0.4, 0.5) is 0 Å². The van der Waals surface area contributed by atoms with Gasteiger partial charge < -0.3 is 10.1 Å². The largest absolute Gasteiger partial charge is 0.496 e. The zero-order valence-electron chi connectivity index (χ0n) is 11.7. The van der Waals surface area contributed by atoms with Gasteiger partial charge in [-0.2, -0.15) is 0 Å². The molecule has 2 atom stereocenters. The van der Waals surface area contributed by atoms with E-state index in [1.165, 1.54) is 36.1 Å². The molecule has 1 aliphatic carbocycles. The highest BCUT2D eigenvalue weighted by molar-refractivity contribution is 5.35. The Kier molecular flexibility index (Phi) is 3.88. The molecule has 1 N–H and O–H groups in total. The Balaban J connectivity index is 1.91. The van der Waals surface area contributed by atoms with E-state index in [1.807, 2.05) is 0 Å². The van der Waals surface area contributed by atoms with Crippen LogP contribution in [0.2, 0.25) is 0 Å². The summed E-state index contributed by atoms with van der Waals surface area (Å²) >= 11 is 0. The van der Waals surface area contributed by atoms with Crippen LogP contribution in [-0.2, 0) is 11.2 Å². The van der Waals surface area contributed by atoms with Gasteiger partial charge in [-0.3, -0.25) is 0 Å². The predicted molar refractivity (Wildman–Crippen MR) is 78.2 cm³/mol. The molecule has 3 rings (SSSR count). The second-order valence-corrected chi connectivity index (χ2v) is 5.48. The van der Waals surface area contributed by atoms with Gasteiger partial charge in [0, 0.05) is 12.3 Å². The number of nitrogens with one attached hydrogen (secondary N) is 1. The summed E-state index contributed by atoms with van der Waals surface area (Å²) in [5, 5.41) is 3.64. The lowest BCUT2D eigenvalue weighted by Crippen LogP contribution is -2.38. The Labute approximate surface area is 115 Å². The van der Waals surface area contributed by atoms with Crippen LogP contribution in [0.15, 0.2) is 36.1 Å². The van der Waals surface area contributed by atoms with E-state index >= 15 is 0 Å². The molecule has 0 saturated carbocycles. The van der Waals surface area contributed by atoms with Gasteiger partial charge in [0.05, 0.1) is 12.6 Å². The van der Waals surface area contributed by atoms with E-state index in [2.05, 4.69) is 42.6 Å². The number of aryl methyl sites for hydroxylation is 1. The highest BCUT2D eigenvalue weighted by Crippen LogP contribution is 2.37. The second-order valence-electron chi connectivity index (χ2n) is 5.48. The maximum atomic E-state index is 5.83. The van der Waals surface area contributed by atoms with Crippen LogP contribution in [0, 0.1) is 0 Å². The number of rotatable bonds is 4. The van der Waals surface area contributed by atoms with Crippen LogP contribution in [0.25, 0.3) is 0 Å². The van der Waals surface area contributed by atoms with Gasteiger partial charge in [-0.1, -0.05) is 31.2 Å². The second kappa shape index (κ2) is 5.79. The number of benzene rings is 1. The van der Waals surface area contributed by atoms with Crippen molar-refractivity contribution in [3.8, 4) is 0 Å². The first kappa shape index (κ1) is 12.7. The molecule has 2 heteroatoms. The summed E-state index contributed by atoms with van der Waals surface area (Å²) in [5.74, 6) is 1.73. The van der Waals surface area contributed by atoms with E-state index in [9.17, 15) is 0 Å². The van der Waals surface area contributed by atoms with Gasteiger partial charge in [0.2, 0.25) is 0 Å². The predicted octanol–water partition coefficient (Wildman–Crippen LogP) is 3.39. The molecule has 2 nitrogen and oxygen atoms in total. The maximum absolute atomic E-state index is 5.83. The van der Waals surface area contributed by atoms with E-state index in [0.29, 0.717) is 12.0 Å². The summed E-state index contributed by atoms with van der Waals surface area (Å²) in [5.41, 5.74) is 3.05. The summed E-state index contributed by atoms with van der Waals surface area (Å²) in [6.45, 7) is 4.02.